The molecule has 0 fully saturated rings. The number of aliphatic hydroxyl groups excluding tert-OH is 1. The summed E-state index contributed by atoms with van der Waals surface area (Å²) in [6.45, 7) is 7.36. The monoisotopic (exact) mass is 829 g/mol. The van der Waals surface area contributed by atoms with Gasteiger partial charge in [-0.25, -0.2) is 18.2 Å². The highest BCUT2D eigenvalue weighted by Gasteiger charge is 2.23. The summed E-state index contributed by atoms with van der Waals surface area (Å²) in [5.74, 6) is 1.86. The molecule has 0 saturated carbocycles. The Morgan fingerprint density at radius 2 is 1.51 bits per heavy atom. The van der Waals surface area contributed by atoms with Crippen molar-refractivity contribution in [2.45, 2.75) is 45.4 Å². The molecule has 0 radical (unpaired) electrons. The molecule has 4 N–H and O–H groups in total. The van der Waals surface area contributed by atoms with Crippen molar-refractivity contribution in [3.05, 3.63) is 102 Å². The van der Waals surface area contributed by atoms with Crippen molar-refractivity contribution in [2.24, 2.45) is 0 Å². The number of nitrogens with zero attached hydrogens (tertiary/aromatic N) is 2. The van der Waals surface area contributed by atoms with E-state index in [0.29, 0.717) is 84.3 Å². The van der Waals surface area contributed by atoms with Crippen LogP contribution in [-0.2, 0) is 31.3 Å². The number of urea groups is 1. The van der Waals surface area contributed by atoms with Crippen LogP contribution in [0.15, 0.2) is 79.0 Å². The van der Waals surface area contributed by atoms with Crippen LogP contribution in [0.25, 0.3) is 10.8 Å². The molecule has 5 rings (SSSR count). The number of anilines is 3. The number of ether oxygens (including phenoxy) is 5. The van der Waals surface area contributed by atoms with E-state index in [1.54, 1.807) is 48.7 Å². The number of sulfonamides is 1. The van der Waals surface area contributed by atoms with Gasteiger partial charge in [0.1, 0.15) is 17.3 Å². The summed E-state index contributed by atoms with van der Waals surface area (Å²) < 4.78 is 54.9. The molecule has 5 aromatic rings. The Kier molecular flexibility index (Phi) is 15.2. The van der Waals surface area contributed by atoms with Gasteiger partial charge in [0.25, 0.3) is 0 Å². The van der Waals surface area contributed by atoms with Gasteiger partial charge in [-0.05, 0) is 59.4 Å². The van der Waals surface area contributed by atoms with E-state index in [9.17, 15) is 18.0 Å². The van der Waals surface area contributed by atoms with Gasteiger partial charge < -0.3 is 39.4 Å². The van der Waals surface area contributed by atoms with Crippen LogP contribution in [0.1, 0.15) is 60.9 Å². The zero-order valence-corrected chi connectivity index (χ0v) is 34.9. The third kappa shape index (κ3) is 12.6. The lowest BCUT2D eigenvalue weighted by molar-refractivity contribution is 0.0321. The molecule has 0 aliphatic rings. The van der Waals surface area contributed by atoms with E-state index in [1.807, 2.05) is 51.1 Å². The fourth-order valence-corrected chi connectivity index (χ4v) is 6.70. The maximum absolute atomic E-state index is 13.5. The van der Waals surface area contributed by atoms with Gasteiger partial charge in [-0.3, -0.25) is 9.52 Å². The van der Waals surface area contributed by atoms with Gasteiger partial charge in [-0.15, -0.1) is 0 Å². The normalized spacial score (nSPS) is 11.6. The van der Waals surface area contributed by atoms with Gasteiger partial charge in [-0.2, -0.15) is 4.98 Å². The lowest BCUT2D eigenvalue weighted by Gasteiger charge is -2.24. The molecule has 0 bridgehead atoms. The number of nitrogens with one attached hydrogen (secondary N) is 3. The number of carbonyl (C=O) groups is 2. The zero-order valence-electron chi connectivity index (χ0n) is 34.1. The molecule has 0 aliphatic carbocycles. The third-order valence-corrected chi connectivity index (χ3v) is 9.55. The summed E-state index contributed by atoms with van der Waals surface area (Å²) in [5, 5.41) is 15.9. The first kappa shape index (κ1) is 44.3. The number of methoxy groups -OCH3 is 2. The van der Waals surface area contributed by atoms with Gasteiger partial charge >= 0.3 is 6.03 Å². The first-order valence-corrected chi connectivity index (χ1v) is 20.8. The fourth-order valence-electron chi connectivity index (χ4n) is 6.15. The SMILES string of the molecule is COc1cc(Cc2nccc(Oc3ccc(NC(=O)Nc4cc(C(C)(C)C)cc(NS(C)(=O)=O)c4OC)c4ccccc34)n2)ccc1C(=O)CCCOCCOCCO. The number of Topliss-reactive ketones (excluding diaryl/α,β-unsaturated/α-hetero) is 1. The smallest absolute Gasteiger partial charge is 0.323 e. The molecule has 1 heterocycles. The highest BCUT2D eigenvalue weighted by molar-refractivity contribution is 7.92. The van der Waals surface area contributed by atoms with Crippen molar-refractivity contribution < 1.29 is 46.8 Å². The van der Waals surface area contributed by atoms with E-state index < -0.39 is 16.1 Å². The second-order valence-electron chi connectivity index (χ2n) is 14.6. The van der Waals surface area contributed by atoms with Crippen LogP contribution in [0.3, 0.4) is 0 Å². The van der Waals surface area contributed by atoms with Gasteiger partial charge in [0.05, 0.1) is 69.5 Å². The number of aliphatic hydroxyl groups is 1. The first-order chi connectivity index (χ1) is 28.2. The Labute approximate surface area is 344 Å². The Balaban J connectivity index is 1.27. The number of hydrogen-bond donors (Lipinski definition) is 4. The quantitative estimate of drug-likeness (QED) is 0.0451. The predicted molar refractivity (Wildman–Crippen MR) is 227 cm³/mol. The first-order valence-electron chi connectivity index (χ1n) is 19.0. The third-order valence-electron chi connectivity index (χ3n) is 8.96. The van der Waals surface area contributed by atoms with Crippen molar-refractivity contribution in [3.8, 4) is 23.1 Å². The summed E-state index contributed by atoms with van der Waals surface area (Å²) in [7, 11) is -0.728. The standard InChI is InChI=1S/C43H51N5O10S/c1-43(2,3)29-26-34(41(55-5)35(27-29)48-59(6,52)53)46-42(51)45-33-15-16-37(31-11-8-7-10-30(31)33)58-40-17-18-44-39(47-40)25-28-13-14-32(38(24-28)54-4)36(50)12-9-20-56-22-23-57-21-19-49/h7-8,10-11,13-18,24,26-27,48-49H,9,12,19-23,25H2,1-6H3,(H2,45,46,51). The summed E-state index contributed by atoms with van der Waals surface area (Å²) in [6, 6.07) is 20.8. The second kappa shape index (κ2) is 20.2. The molecule has 1 aromatic heterocycles. The number of fused-ring (bicyclic) bond motifs is 1. The Morgan fingerprint density at radius 3 is 2.20 bits per heavy atom. The minimum Gasteiger partial charge on any atom is -0.496 e. The topological polar surface area (TPSA) is 197 Å². The van der Waals surface area contributed by atoms with Crippen LogP contribution in [0.2, 0.25) is 0 Å². The summed E-state index contributed by atoms with van der Waals surface area (Å²) in [5.41, 5.74) is 2.71. The van der Waals surface area contributed by atoms with Crippen molar-refractivity contribution in [1.29, 1.82) is 0 Å². The molecule has 16 heteroatoms. The van der Waals surface area contributed by atoms with E-state index in [4.69, 9.17) is 28.8 Å². The zero-order chi connectivity index (χ0) is 42.6. The number of rotatable bonds is 20. The maximum Gasteiger partial charge on any atom is 0.323 e. The van der Waals surface area contributed by atoms with Crippen LogP contribution in [-0.4, -0.2) is 88.8 Å². The van der Waals surface area contributed by atoms with Gasteiger partial charge in [0, 0.05) is 42.5 Å². The molecule has 0 unspecified atom stereocenters. The van der Waals surface area contributed by atoms with Gasteiger partial charge in [0.2, 0.25) is 15.9 Å². The maximum atomic E-state index is 13.5. The van der Waals surface area contributed by atoms with Crippen LogP contribution >= 0.6 is 0 Å². The van der Waals surface area contributed by atoms with Crippen LogP contribution in [0.4, 0.5) is 21.9 Å². The van der Waals surface area contributed by atoms with E-state index in [0.717, 1.165) is 17.4 Å². The second-order valence-corrected chi connectivity index (χ2v) is 16.3. The molecule has 4 aromatic carbocycles. The molecular weight excluding hydrogens is 779 g/mol. The number of benzene rings is 4. The van der Waals surface area contributed by atoms with Crippen molar-refractivity contribution >= 4 is 49.7 Å². The van der Waals surface area contributed by atoms with Crippen LogP contribution in [0.5, 0.6) is 23.1 Å². The number of hydrogen-bond acceptors (Lipinski definition) is 12. The average molecular weight is 830 g/mol. The Bertz CT molecular complexity index is 2370. The minimum absolute atomic E-state index is 0.0341. The predicted octanol–water partition coefficient (Wildman–Crippen LogP) is 7.33. The molecule has 0 saturated heterocycles. The molecule has 314 valence electrons. The Hall–Kier alpha value is -5.81. The molecule has 0 atom stereocenters. The van der Waals surface area contributed by atoms with E-state index in [2.05, 4.69) is 25.3 Å². The van der Waals surface area contributed by atoms with E-state index in [1.165, 1.54) is 14.2 Å². The summed E-state index contributed by atoms with van der Waals surface area (Å²) >= 11 is 0. The molecule has 0 aliphatic heterocycles. The van der Waals surface area contributed by atoms with Crippen molar-refractivity contribution in [2.75, 3.05) is 68.9 Å². The highest BCUT2D eigenvalue weighted by atomic mass is 32.2. The molecule has 59 heavy (non-hydrogen) atoms. The van der Waals surface area contributed by atoms with E-state index >= 15 is 0 Å². The van der Waals surface area contributed by atoms with Gasteiger partial charge in [-0.1, -0.05) is 51.1 Å². The fraction of sp³-hybridized carbons (Fsp3) is 0.349. The highest BCUT2D eigenvalue weighted by Crippen LogP contribution is 2.40. The summed E-state index contributed by atoms with van der Waals surface area (Å²) in [6.07, 6.45) is 3.85. The van der Waals surface area contributed by atoms with Crippen molar-refractivity contribution in [1.82, 2.24) is 9.97 Å². The summed E-state index contributed by atoms with van der Waals surface area (Å²) in [4.78, 5) is 35.5. The lowest BCUT2D eigenvalue weighted by atomic mass is 9.86. The minimum atomic E-state index is -3.65. The average Bonchev–Trinajstić information content (AvgIpc) is 3.18. The van der Waals surface area contributed by atoms with Crippen molar-refractivity contribution in [3.63, 3.8) is 0 Å². The van der Waals surface area contributed by atoms with E-state index in [-0.39, 0.29) is 41.5 Å². The largest absolute Gasteiger partial charge is 0.496 e. The van der Waals surface area contributed by atoms with Gasteiger partial charge in [0.15, 0.2) is 11.5 Å². The molecule has 15 nitrogen and oxygen atoms in total. The number of carbonyl (C=O) groups excluding carboxylic acids is 2. The Morgan fingerprint density at radius 1 is 0.797 bits per heavy atom. The number of amides is 2. The number of ketones is 1. The molecular formula is C43H51N5O10S. The molecule has 2 amide bonds. The van der Waals surface area contributed by atoms with Crippen LogP contribution in [0, 0.1) is 0 Å². The van der Waals surface area contributed by atoms with Crippen LogP contribution < -0.4 is 29.6 Å². The lowest BCUT2D eigenvalue weighted by Crippen LogP contribution is -2.22. The number of aromatic nitrogens is 2. The molecule has 0 spiro atoms.